The fourth-order valence-corrected chi connectivity index (χ4v) is 4.24. The number of piperazine rings is 1. The van der Waals surface area contributed by atoms with E-state index in [2.05, 4.69) is 0 Å². The minimum absolute atomic E-state index is 0.0529. The Labute approximate surface area is 131 Å². The quantitative estimate of drug-likeness (QED) is 0.789. The van der Waals surface area contributed by atoms with Gasteiger partial charge in [-0.25, -0.2) is 12.7 Å². The third-order valence-electron chi connectivity index (χ3n) is 4.77. The van der Waals surface area contributed by atoms with Gasteiger partial charge >= 0.3 is 0 Å². The number of carbonyl (C=O) groups excluding carboxylic acids is 1. The van der Waals surface area contributed by atoms with Crippen molar-refractivity contribution in [2.45, 2.75) is 12.0 Å². The summed E-state index contributed by atoms with van der Waals surface area (Å²) in [5, 5.41) is 0. The van der Waals surface area contributed by atoms with Crippen LogP contribution >= 0.6 is 0 Å². The largest absolute Gasteiger partial charge is 0.309 e. The van der Waals surface area contributed by atoms with Gasteiger partial charge in [0.15, 0.2) is 0 Å². The van der Waals surface area contributed by atoms with Gasteiger partial charge in [0.25, 0.3) is 0 Å². The Morgan fingerprint density at radius 3 is 2.41 bits per heavy atom. The Bertz CT molecular complexity index is 677. The van der Waals surface area contributed by atoms with Crippen molar-refractivity contribution < 1.29 is 13.2 Å². The van der Waals surface area contributed by atoms with Crippen molar-refractivity contribution in [3.63, 3.8) is 0 Å². The second-order valence-corrected chi connectivity index (χ2v) is 8.22. The lowest BCUT2D eigenvalue weighted by atomic mass is 9.92. The summed E-state index contributed by atoms with van der Waals surface area (Å²) >= 11 is 0. The molecule has 2 aliphatic rings. The predicted molar refractivity (Wildman–Crippen MR) is 85.2 cm³/mol. The predicted octanol–water partition coefficient (Wildman–Crippen LogP) is 0.369. The maximum Gasteiger partial charge on any atom is 0.241 e. The number of carbonyl (C=O) groups is 1. The number of amides is 1. The van der Waals surface area contributed by atoms with Crippen LogP contribution in [-0.2, 0) is 14.8 Å². The molecule has 7 heteroatoms. The topological polar surface area (TPSA) is 60.9 Å². The minimum atomic E-state index is -3.19. The molecule has 1 aromatic rings. The first-order valence-electron chi connectivity index (χ1n) is 7.34. The molecule has 0 aromatic heterocycles. The van der Waals surface area contributed by atoms with Gasteiger partial charge in [-0.05, 0) is 25.6 Å². The first kappa shape index (κ1) is 15.5. The van der Waals surface area contributed by atoms with Crippen molar-refractivity contribution in [1.82, 2.24) is 9.21 Å². The summed E-state index contributed by atoms with van der Waals surface area (Å²) in [7, 11) is -1.29. The zero-order valence-electron chi connectivity index (χ0n) is 12.9. The summed E-state index contributed by atoms with van der Waals surface area (Å²) in [4.78, 5) is 16.2. The summed E-state index contributed by atoms with van der Waals surface area (Å²) in [6.45, 7) is 1.80. The molecule has 0 saturated carbocycles. The van der Waals surface area contributed by atoms with Crippen molar-refractivity contribution in [3.05, 3.63) is 30.3 Å². The van der Waals surface area contributed by atoms with Gasteiger partial charge < -0.3 is 4.90 Å². The Kier molecular flexibility index (Phi) is 3.74. The Morgan fingerprint density at radius 1 is 1.14 bits per heavy atom. The summed E-state index contributed by atoms with van der Waals surface area (Å²) in [6.07, 6.45) is 1.99. The molecule has 120 valence electrons. The van der Waals surface area contributed by atoms with Gasteiger partial charge in [0, 0.05) is 25.3 Å². The molecule has 0 aliphatic carbocycles. The van der Waals surface area contributed by atoms with E-state index in [0.29, 0.717) is 26.2 Å². The number of hydrogen-bond donors (Lipinski definition) is 0. The van der Waals surface area contributed by atoms with E-state index in [1.54, 1.807) is 4.90 Å². The van der Waals surface area contributed by atoms with Crippen LogP contribution in [0.2, 0.25) is 0 Å². The highest BCUT2D eigenvalue weighted by Crippen LogP contribution is 2.34. The molecule has 2 heterocycles. The smallest absolute Gasteiger partial charge is 0.241 e. The first-order valence-corrected chi connectivity index (χ1v) is 9.18. The van der Waals surface area contributed by atoms with Crippen molar-refractivity contribution in [3.8, 4) is 0 Å². The number of sulfonamides is 1. The first-order chi connectivity index (χ1) is 10.3. The molecule has 1 aromatic carbocycles. The average Bonchev–Trinajstić information content (AvgIpc) is 2.90. The number of nitrogens with zero attached hydrogens (tertiary/aromatic N) is 3. The van der Waals surface area contributed by atoms with Crippen LogP contribution in [0.15, 0.2) is 30.3 Å². The molecule has 6 nitrogen and oxygen atoms in total. The maximum absolute atomic E-state index is 12.4. The maximum atomic E-state index is 12.4. The lowest BCUT2D eigenvalue weighted by Gasteiger charge is -2.46. The van der Waals surface area contributed by atoms with Gasteiger partial charge in [0.1, 0.15) is 0 Å². The van der Waals surface area contributed by atoms with Crippen LogP contribution in [0.1, 0.15) is 6.42 Å². The molecular weight excluding hydrogens is 302 g/mol. The summed E-state index contributed by atoms with van der Waals surface area (Å²) in [5.74, 6) is 0.0529. The SMILES string of the molecule is CN1CC(=O)N(c2ccccc2)C[C@@]12CCN(S(C)(=O)=O)C2. The molecule has 1 amide bonds. The highest BCUT2D eigenvalue weighted by atomic mass is 32.2. The third-order valence-corrected chi connectivity index (χ3v) is 6.02. The van der Waals surface area contributed by atoms with Crippen molar-refractivity contribution in [1.29, 1.82) is 0 Å². The fraction of sp³-hybridized carbons (Fsp3) is 0.533. The van der Waals surface area contributed by atoms with E-state index in [-0.39, 0.29) is 11.4 Å². The van der Waals surface area contributed by atoms with Crippen LogP contribution in [0.4, 0.5) is 5.69 Å². The molecule has 2 aliphatic heterocycles. The Balaban J connectivity index is 1.88. The second kappa shape index (κ2) is 5.33. The number of benzene rings is 1. The molecule has 22 heavy (non-hydrogen) atoms. The number of hydrogen-bond acceptors (Lipinski definition) is 4. The number of rotatable bonds is 2. The number of likely N-dealkylation sites (N-methyl/N-ethyl adjacent to an activating group) is 1. The molecule has 2 saturated heterocycles. The van der Waals surface area contributed by atoms with Gasteiger partial charge in [0.05, 0.1) is 18.3 Å². The van der Waals surface area contributed by atoms with Crippen LogP contribution in [0, 0.1) is 0 Å². The number of anilines is 1. The van der Waals surface area contributed by atoms with Gasteiger partial charge in [-0.2, -0.15) is 0 Å². The minimum Gasteiger partial charge on any atom is -0.309 e. The molecule has 0 unspecified atom stereocenters. The lowest BCUT2D eigenvalue weighted by molar-refractivity contribution is -0.123. The monoisotopic (exact) mass is 323 g/mol. The van der Waals surface area contributed by atoms with E-state index in [9.17, 15) is 13.2 Å². The molecule has 0 N–H and O–H groups in total. The number of para-hydroxylation sites is 1. The molecule has 1 atom stereocenters. The molecule has 3 rings (SSSR count). The summed E-state index contributed by atoms with van der Waals surface area (Å²) in [6, 6.07) is 9.57. The molecule has 2 fully saturated rings. The van der Waals surface area contributed by atoms with Gasteiger partial charge in [-0.3, -0.25) is 9.69 Å². The second-order valence-electron chi connectivity index (χ2n) is 6.24. The zero-order valence-corrected chi connectivity index (χ0v) is 13.7. The van der Waals surface area contributed by atoms with Crippen LogP contribution in [0.25, 0.3) is 0 Å². The normalized spacial score (nSPS) is 27.7. The molecular formula is C15H21N3O3S. The van der Waals surface area contributed by atoms with Crippen molar-refractivity contribution >= 4 is 21.6 Å². The van der Waals surface area contributed by atoms with E-state index < -0.39 is 10.0 Å². The zero-order chi connectivity index (χ0) is 16.0. The fourth-order valence-electron chi connectivity index (χ4n) is 3.35. The van der Waals surface area contributed by atoms with E-state index in [1.807, 2.05) is 42.3 Å². The van der Waals surface area contributed by atoms with Crippen LogP contribution in [0.3, 0.4) is 0 Å². The molecule has 1 spiro atoms. The van der Waals surface area contributed by atoms with Crippen LogP contribution < -0.4 is 4.90 Å². The van der Waals surface area contributed by atoms with E-state index in [4.69, 9.17) is 0 Å². The highest BCUT2D eigenvalue weighted by Gasteiger charge is 2.49. The lowest BCUT2D eigenvalue weighted by Crippen LogP contribution is -2.64. The molecule has 0 bridgehead atoms. The Morgan fingerprint density at radius 2 is 1.82 bits per heavy atom. The molecule has 0 radical (unpaired) electrons. The standard InChI is InChI=1S/C15H21N3O3S/c1-16-10-14(19)18(13-6-4-3-5-7-13)12-15(16)8-9-17(11-15)22(2,20)21/h3-7H,8-12H2,1-2H3/t15-/m0/s1. The van der Waals surface area contributed by atoms with E-state index in [0.717, 1.165) is 12.1 Å². The van der Waals surface area contributed by atoms with Gasteiger partial charge in [-0.15, -0.1) is 0 Å². The van der Waals surface area contributed by atoms with Gasteiger partial charge in [-0.1, -0.05) is 18.2 Å². The summed E-state index contributed by atoms with van der Waals surface area (Å²) < 4.78 is 25.1. The summed E-state index contributed by atoms with van der Waals surface area (Å²) in [5.41, 5.74) is 0.574. The average molecular weight is 323 g/mol. The van der Waals surface area contributed by atoms with Gasteiger partial charge in [0.2, 0.25) is 15.9 Å². The highest BCUT2D eigenvalue weighted by molar-refractivity contribution is 7.88. The van der Waals surface area contributed by atoms with Crippen molar-refractivity contribution in [2.75, 3.05) is 44.4 Å². The third kappa shape index (κ3) is 2.64. The van der Waals surface area contributed by atoms with Crippen LogP contribution in [-0.4, -0.2) is 68.6 Å². The van der Waals surface area contributed by atoms with Crippen molar-refractivity contribution in [2.24, 2.45) is 0 Å². The van der Waals surface area contributed by atoms with E-state index in [1.165, 1.54) is 10.6 Å². The van der Waals surface area contributed by atoms with E-state index >= 15 is 0 Å². The van der Waals surface area contributed by atoms with Crippen LogP contribution in [0.5, 0.6) is 0 Å². The Hall–Kier alpha value is -1.44.